The number of esters is 1. The number of phenols is 1. The quantitative estimate of drug-likeness (QED) is 0.471. The Morgan fingerprint density at radius 1 is 1.19 bits per heavy atom. The van der Waals surface area contributed by atoms with Gasteiger partial charge in [0.2, 0.25) is 0 Å². The fourth-order valence-corrected chi connectivity index (χ4v) is 4.47. The van der Waals surface area contributed by atoms with Crippen LogP contribution in [0.5, 0.6) is 11.5 Å². The Morgan fingerprint density at radius 2 is 1.92 bits per heavy atom. The van der Waals surface area contributed by atoms with E-state index in [0.717, 1.165) is 6.07 Å². The summed E-state index contributed by atoms with van der Waals surface area (Å²) in [6, 6.07) is 9.39. The molecule has 2 aromatic carbocycles. The molecule has 0 saturated carbocycles. The Hall–Kier alpha value is -2.70. The van der Waals surface area contributed by atoms with E-state index in [1.165, 1.54) is 43.3 Å². The zero-order valence-corrected chi connectivity index (χ0v) is 16.0. The Morgan fingerprint density at radius 3 is 2.54 bits per heavy atom. The van der Waals surface area contributed by atoms with Gasteiger partial charge in [-0.1, -0.05) is 0 Å². The Labute approximate surface area is 152 Å². The molecule has 1 unspecified atom stereocenters. The van der Waals surface area contributed by atoms with Crippen LogP contribution >= 0.6 is 0 Å². The van der Waals surface area contributed by atoms with E-state index in [1.807, 2.05) is 0 Å². The zero-order valence-electron chi connectivity index (χ0n) is 14.1. The number of hydrogen-bond acceptors (Lipinski definition) is 6. The summed E-state index contributed by atoms with van der Waals surface area (Å²) in [5, 5.41) is 12.5. The molecule has 1 amide bonds. The molecule has 26 heavy (non-hydrogen) atoms. The molecule has 0 fully saturated rings. The molecule has 0 saturated heterocycles. The second-order valence-electron chi connectivity index (χ2n) is 5.24. The summed E-state index contributed by atoms with van der Waals surface area (Å²) in [5.41, 5.74) is 0.448. The summed E-state index contributed by atoms with van der Waals surface area (Å²) in [6.45, 7) is 3.16. The zero-order chi connectivity index (χ0) is 19.3. The van der Waals surface area contributed by atoms with Gasteiger partial charge in [0.1, 0.15) is 0 Å². The van der Waals surface area contributed by atoms with E-state index in [-0.39, 0.29) is 33.9 Å². The molecule has 0 spiro atoms. The molecule has 0 radical (unpaired) electrons. The summed E-state index contributed by atoms with van der Waals surface area (Å²) < 4.78 is 32.6. The maximum atomic E-state index is 12.6. The van der Waals surface area contributed by atoms with Crippen LogP contribution in [-0.2, 0) is 13.3 Å². The van der Waals surface area contributed by atoms with Crippen molar-refractivity contribution in [1.29, 1.82) is 0 Å². The SMILES string of the molecule is CCOC(=O)c1cccc(O[As](=O)(O)c2ccc(NC(C)=O)cc2O)c1. The molecule has 0 heterocycles. The van der Waals surface area contributed by atoms with Crippen LogP contribution in [0.15, 0.2) is 42.5 Å². The molecular formula is C17H18AsNO7. The van der Waals surface area contributed by atoms with Gasteiger partial charge in [0.15, 0.2) is 0 Å². The Kier molecular flexibility index (Phi) is 6.13. The Bertz CT molecular complexity index is 881. The van der Waals surface area contributed by atoms with Crippen molar-refractivity contribution < 1.29 is 31.0 Å². The first-order chi connectivity index (χ1) is 12.2. The second kappa shape index (κ2) is 8.12. The van der Waals surface area contributed by atoms with Crippen LogP contribution in [0, 0.1) is 0 Å². The number of amides is 1. The predicted octanol–water partition coefficient (Wildman–Crippen LogP) is 1.17. The molecule has 3 N–H and O–H groups in total. The van der Waals surface area contributed by atoms with Crippen LogP contribution in [-0.4, -0.2) is 41.9 Å². The van der Waals surface area contributed by atoms with Crippen LogP contribution in [0.25, 0.3) is 0 Å². The van der Waals surface area contributed by atoms with Gasteiger partial charge in [0.05, 0.1) is 0 Å². The van der Waals surface area contributed by atoms with Crippen molar-refractivity contribution in [2.24, 2.45) is 0 Å². The molecule has 138 valence electrons. The van der Waals surface area contributed by atoms with Gasteiger partial charge in [-0.05, 0) is 0 Å². The average Bonchev–Trinajstić information content (AvgIpc) is 2.54. The van der Waals surface area contributed by atoms with Crippen molar-refractivity contribution in [3.63, 3.8) is 0 Å². The predicted molar refractivity (Wildman–Crippen MR) is 93.7 cm³/mol. The fraction of sp³-hybridized carbons (Fsp3) is 0.176. The standard InChI is InChI=1S/C17H18AsNO7/c1-3-25-17(22)12-5-4-6-14(9-12)26-18(23,24)15-8-7-13(10-16(15)21)19-11(2)20/h4-10,21H,3H2,1-2H3,(H,19,20)(H,23,24). The molecular weight excluding hydrogens is 405 g/mol. The van der Waals surface area contributed by atoms with Crippen molar-refractivity contribution >= 4 is 36.1 Å². The van der Waals surface area contributed by atoms with Crippen LogP contribution < -0.4 is 13.4 Å². The number of phenolic OH excluding ortho intramolecular Hbond substituents is 1. The van der Waals surface area contributed by atoms with Gasteiger partial charge >= 0.3 is 152 Å². The van der Waals surface area contributed by atoms with E-state index in [4.69, 9.17) is 8.46 Å². The number of rotatable bonds is 6. The first-order valence-corrected chi connectivity index (χ1v) is 10.9. The van der Waals surface area contributed by atoms with Gasteiger partial charge in [0, 0.05) is 0 Å². The molecule has 9 heteroatoms. The van der Waals surface area contributed by atoms with E-state index in [1.54, 1.807) is 6.92 Å². The number of anilines is 1. The van der Waals surface area contributed by atoms with E-state index < -0.39 is 25.9 Å². The van der Waals surface area contributed by atoms with E-state index in [9.17, 15) is 22.5 Å². The molecule has 0 aliphatic heterocycles. The minimum atomic E-state index is -5.16. The first kappa shape index (κ1) is 19.6. The molecule has 8 nitrogen and oxygen atoms in total. The van der Waals surface area contributed by atoms with Gasteiger partial charge in [0.25, 0.3) is 0 Å². The number of aromatic hydroxyl groups is 1. The molecule has 0 bridgehead atoms. The topological polar surface area (TPSA) is 122 Å². The van der Waals surface area contributed by atoms with E-state index in [0.29, 0.717) is 0 Å². The van der Waals surface area contributed by atoms with Crippen LogP contribution in [0.4, 0.5) is 5.69 Å². The van der Waals surface area contributed by atoms with E-state index >= 15 is 0 Å². The normalized spacial score (nSPS) is 12.7. The minimum absolute atomic E-state index is 0.00843. The third-order valence-corrected chi connectivity index (χ3v) is 6.21. The van der Waals surface area contributed by atoms with Crippen LogP contribution in [0.3, 0.4) is 0 Å². The van der Waals surface area contributed by atoms with Gasteiger partial charge in [-0.15, -0.1) is 0 Å². The number of hydrogen-bond donors (Lipinski definition) is 3. The Balaban J connectivity index is 2.26. The van der Waals surface area contributed by atoms with Crippen molar-refractivity contribution in [2.75, 3.05) is 11.9 Å². The third-order valence-electron chi connectivity index (χ3n) is 3.17. The van der Waals surface area contributed by atoms with Crippen molar-refractivity contribution in [1.82, 2.24) is 0 Å². The van der Waals surface area contributed by atoms with Crippen molar-refractivity contribution in [3.8, 4) is 11.5 Å². The number of benzene rings is 2. The molecule has 2 aromatic rings. The van der Waals surface area contributed by atoms with E-state index in [2.05, 4.69) is 5.32 Å². The second-order valence-corrected chi connectivity index (χ2v) is 8.82. The average molecular weight is 423 g/mol. The van der Waals surface area contributed by atoms with Crippen molar-refractivity contribution in [3.05, 3.63) is 48.0 Å². The molecule has 0 aliphatic rings. The van der Waals surface area contributed by atoms with Crippen LogP contribution in [0.2, 0.25) is 0 Å². The summed E-state index contributed by atoms with van der Waals surface area (Å²) >= 11 is -5.16. The van der Waals surface area contributed by atoms with Gasteiger partial charge < -0.3 is 0 Å². The van der Waals surface area contributed by atoms with Gasteiger partial charge in [-0.3, -0.25) is 0 Å². The molecule has 2 rings (SSSR count). The molecule has 0 aromatic heterocycles. The molecule has 0 aliphatic carbocycles. The fourth-order valence-electron chi connectivity index (χ4n) is 2.13. The summed E-state index contributed by atoms with van der Waals surface area (Å²) in [4.78, 5) is 22.8. The third kappa shape index (κ3) is 4.90. The van der Waals surface area contributed by atoms with Crippen LogP contribution in [0.1, 0.15) is 24.2 Å². The number of nitrogens with one attached hydrogen (secondary N) is 1. The molecule has 1 atom stereocenters. The summed E-state index contributed by atoms with van der Waals surface area (Å²) in [5.74, 6) is -1.42. The van der Waals surface area contributed by atoms with Gasteiger partial charge in [-0.2, -0.15) is 0 Å². The summed E-state index contributed by atoms with van der Waals surface area (Å²) in [6.07, 6.45) is 0. The monoisotopic (exact) mass is 423 g/mol. The number of ether oxygens (including phenoxy) is 1. The number of carbonyl (C=O) groups is 2. The van der Waals surface area contributed by atoms with Crippen molar-refractivity contribution in [2.45, 2.75) is 13.8 Å². The first-order valence-electron chi connectivity index (χ1n) is 7.63. The number of carbonyl (C=O) groups excluding carboxylic acids is 2. The summed E-state index contributed by atoms with van der Waals surface area (Å²) in [7, 11) is 0. The maximum absolute atomic E-state index is 12.6. The van der Waals surface area contributed by atoms with Gasteiger partial charge in [-0.25, -0.2) is 0 Å².